The van der Waals surface area contributed by atoms with Crippen LogP contribution in [0.3, 0.4) is 0 Å². The van der Waals surface area contributed by atoms with Crippen LogP contribution in [0.5, 0.6) is 0 Å². The lowest BCUT2D eigenvalue weighted by atomic mass is 10.3. The largest absolute Gasteiger partial charge is 0.441 e. The van der Waals surface area contributed by atoms with E-state index in [-0.39, 0.29) is 5.82 Å². The maximum absolute atomic E-state index is 11.4. The lowest BCUT2D eigenvalue weighted by Gasteiger charge is -2.04. The summed E-state index contributed by atoms with van der Waals surface area (Å²) in [4.78, 5) is 19.4. The average molecular weight is 236 g/mol. The highest BCUT2D eigenvalue weighted by atomic mass is 16.5. The molecule has 0 fully saturated rings. The van der Waals surface area contributed by atoms with Crippen molar-refractivity contribution >= 4 is 0 Å². The van der Waals surface area contributed by atoms with Crippen LogP contribution in [0.2, 0.25) is 0 Å². The molecule has 0 saturated carbocycles. The monoisotopic (exact) mass is 236 g/mol. The molecule has 2 rings (SSSR count). The zero-order valence-electron chi connectivity index (χ0n) is 9.28. The zero-order chi connectivity index (χ0) is 12.3. The normalized spacial score (nSPS) is 12.6. The van der Waals surface area contributed by atoms with Gasteiger partial charge in [0.15, 0.2) is 5.82 Å². The molecule has 0 radical (unpaired) electrons. The van der Waals surface area contributed by atoms with Gasteiger partial charge < -0.3 is 5.11 Å². The summed E-state index contributed by atoms with van der Waals surface area (Å²) in [6.07, 6.45) is 3.04. The van der Waals surface area contributed by atoms with Gasteiger partial charge in [0.1, 0.15) is 0 Å². The summed E-state index contributed by atoms with van der Waals surface area (Å²) in [7, 11) is 0. The van der Waals surface area contributed by atoms with Gasteiger partial charge in [0, 0.05) is 18.9 Å². The van der Waals surface area contributed by atoms with Crippen molar-refractivity contribution in [1.29, 1.82) is 0 Å². The van der Waals surface area contributed by atoms with Gasteiger partial charge in [-0.15, -0.1) is 0 Å². The van der Waals surface area contributed by atoms with Gasteiger partial charge in [0.2, 0.25) is 5.82 Å². The first-order valence-electron chi connectivity index (χ1n) is 5.20. The van der Waals surface area contributed by atoms with Gasteiger partial charge in [-0.25, -0.2) is 14.8 Å². The third-order valence-corrected chi connectivity index (χ3v) is 2.22. The molecule has 7 nitrogen and oxygen atoms in total. The summed E-state index contributed by atoms with van der Waals surface area (Å²) in [5.41, 5.74) is 0. The lowest BCUT2D eigenvalue weighted by molar-refractivity contribution is 0.177. The molecule has 1 unspecified atom stereocenters. The van der Waals surface area contributed by atoms with E-state index in [0.29, 0.717) is 18.8 Å². The van der Waals surface area contributed by atoms with Crippen LogP contribution in [0, 0.1) is 0 Å². The summed E-state index contributed by atoms with van der Waals surface area (Å²) in [6.45, 7) is 1.96. The Morgan fingerprint density at radius 3 is 2.82 bits per heavy atom. The minimum Gasteiger partial charge on any atom is -0.393 e. The van der Waals surface area contributed by atoms with E-state index in [1.54, 1.807) is 25.4 Å². The predicted molar refractivity (Wildman–Crippen MR) is 58.1 cm³/mol. The second-order valence-corrected chi connectivity index (χ2v) is 3.63. The van der Waals surface area contributed by atoms with Crippen molar-refractivity contribution < 1.29 is 9.63 Å². The van der Waals surface area contributed by atoms with Crippen molar-refractivity contribution in [3.05, 3.63) is 29.0 Å². The molecular weight excluding hydrogens is 224 g/mol. The number of rotatable bonds is 4. The van der Waals surface area contributed by atoms with Crippen molar-refractivity contribution in [1.82, 2.24) is 19.7 Å². The van der Waals surface area contributed by atoms with Gasteiger partial charge in [0.25, 0.3) is 0 Å². The molecule has 17 heavy (non-hydrogen) atoms. The van der Waals surface area contributed by atoms with E-state index in [9.17, 15) is 9.90 Å². The van der Waals surface area contributed by atoms with Crippen molar-refractivity contribution in [3.63, 3.8) is 0 Å². The number of aliphatic hydroxyl groups excluding tert-OH is 1. The first-order valence-corrected chi connectivity index (χ1v) is 5.20. The van der Waals surface area contributed by atoms with E-state index in [1.807, 2.05) is 0 Å². The summed E-state index contributed by atoms with van der Waals surface area (Å²) in [6, 6.07) is 1.67. The number of hydrogen-bond donors (Lipinski definition) is 1. The standard InChI is InChI=1S/C10H12N4O3/c1-7(15)3-6-14-9(13-17-10(14)16)8-11-4-2-5-12-8/h2,4-5,7,15H,3,6H2,1H3. The molecule has 2 aromatic heterocycles. The van der Waals surface area contributed by atoms with Gasteiger partial charge in [-0.2, -0.15) is 0 Å². The Morgan fingerprint density at radius 2 is 2.18 bits per heavy atom. The molecule has 90 valence electrons. The Hall–Kier alpha value is -2.02. The minimum absolute atomic E-state index is 0.274. The van der Waals surface area contributed by atoms with Gasteiger partial charge in [-0.05, 0) is 19.4 Å². The Morgan fingerprint density at radius 1 is 1.47 bits per heavy atom. The first kappa shape index (κ1) is 11.5. The van der Waals surface area contributed by atoms with Crippen LogP contribution < -0.4 is 5.76 Å². The second kappa shape index (κ2) is 4.88. The SMILES string of the molecule is CC(O)CCn1c(-c2ncccn2)noc1=O. The van der Waals surface area contributed by atoms with Crippen LogP contribution in [0.15, 0.2) is 27.8 Å². The second-order valence-electron chi connectivity index (χ2n) is 3.63. The summed E-state index contributed by atoms with van der Waals surface area (Å²) in [5, 5.41) is 12.8. The van der Waals surface area contributed by atoms with E-state index in [2.05, 4.69) is 19.6 Å². The topological polar surface area (TPSA) is 94.0 Å². The first-order chi connectivity index (χ1) is 8.18. The Labute approximate surface area is 96.7 Å². The maximum atomic E-state index is 11.4. The zero-order valence-corrected chi connectivity index (χ0v) is 9.28. The molecule has 0 bridgehead atoms. The molecule has 0 spiro atoms. The van der Waals surface area contributed by atoms with Crippen molar-refractivity contribution in [2.45, 2.75) is 26.0 Å². The van der Waals surface area contributed by atoms with Gasteiger partial charge in [0.05, 0.1) is 6.10 Å². The summed E-state index contributed by atoms with van der Waals surface area (Å²) >= 11 is 0. The lowest BCUT2D eigenvalue weighted by Crippen LogP contribution is -2.18. The Balaban J connectivity index is 2.33. The fraction of sp³-hybridized carbons (Fsp3) is 0.400. The molecule has 0 aliphatic rings. The highest BCUT2D eigenvalue weighted by Gasteiger charge is 2.15. The van der Waals surface area contributed by atoms with E-state index < -0.39 is 11.9 Å². The minimum atomic E-state index is -0.576. The third-order valence-electron chi connectivity index (χ3n) is 2.22. The molecule has 0 saturated heterocycles. The molecule has 2 heterocycles. The highest BCUT2D eigenvalue weighted by molar-refractivity contribution is 5.41. The van der Waals surface area contributed by atoms with Gasteiger partial charge >= 0.3 is 5.76 Å². The van der Waals surface area contributed by atoms with Crippen LogP contribution >= 0.6 is 0 Å². The van der Waals surface area contributed by atoms with E-state index >= 15 is 0 Å². The molecule has 7 heteroatoms. The highest BCUT2D eigenvalue weighted by Crippen LogP contribution is 2.09. The molecule has 1 N–H and O–H groups in total. The molecule has 0 aromatic carbocycles. The Kier molecular flexibility index (Phi) is 3.29. The smallest absolute Gasteiger partial charge is 0.393 e. The number of aliphatic hydroxyl groups is 1. The Bertz CT molecular complexity index is 532. The fourth-order valence-corrected chi connectivity index (χ4v) is 1.36. The average Bonchev–Trinajstić information content (AvgIpc) is 2.69. The fourth-order valence-electron chi connectivity index (χ4n) is 1.36. The third kappa shape index (κ3) is 2.56. The maximum Gasteiger partial charge on any atom is 0.441 e. The van der Waals surface area contributed by atoms with Crippen molar-refractivity contribution in [2.75, 3.05) is 0 Å². The molecule has 0 aliphatic carbocycles. The predicted octanol–water partition coefficient (Wildman–Crippen LogP) is 0.0642. The van der Waals surface area contributed by atoms with Gasteiger partial charge in [-0.3, -0.25) is 9.09 Å². The number of hydrogen-bond acceptors (Lipinski definition) is 6. The van der Waals surface area contributed by atoms with Crippen LogP contribution in [-0.4, -0.2) is 30.9 Å². The van der Waals surface area contributed by atoms with Crippen LogP contribution in [0.4, 0.5) is 0 Å². The van der Waals surface area contributed by atoms with Gasteiger partial charge in [-0.1, -0.05) is 5.16 Å². The molecular formula is C10H12N4O3. The van der Waals surface area contributed by atoms with Crippen molar-refractivity contribution in [2.24, 2.45) is 0 Å². The molecule has 0 amide bonds. The van der Waals surface area contributed by atoms with E-state index in [1.165, 1.54) is 4.57 Å². The number of aromatic nitrogens is 4. The van der Waals surface area contributed by atoms with E-state index in [4.69, 9.17) is 0 Å². The summed E-state index contributed by atoms with van der Waals surface area (Å²) in [5.74, 6) is 0.0216. The van der Waals surface area contributed by atoms with Crippen LogP contribution in [0.1, 0.15) is 13.3 Å². The van der Waals surface area contributed by atoms with Crippen LogP contribution in [-0.2, 0) is 6.54 Å². The van der Waals surface area contributed by atoms with Crippen molar-refractivity contribution in [3.8, 4) is 11.6 Å². The van der Waals surface area contributed by atoms with E-state index in [0.717, 1.165) is 0 Å². The number of nitrogens with zero attached hydrogens (tertiary/aromatic N) is 4. The quantitative estimate of drug-likeness (QED) is 0.806. The molecule has 2 aromatic rings. The summed E-state index contributed by atoms with van der Waals surface area (Å²) < 4.78 is 5.89. The van der Waals surface area contributed by atoms with Crippen LogP contribution in [0.25, 0.3) is 11.6 Å². The molecule has 0 aliphatic heterocycles. The molecule has 1 atom stereocenters.